The number of aliphatic hydroxyl groups excluding tert-OH is 1. The SMILES string of the molecule is CCCCNC(=O)C(C)CC(O)[C@@H]1C[C@H](C)CCCCCN(CC)C(=O)c2cc(OCC)cc(c2)C(=O)N1. The van der Waals surface area contributed by atoms with E-state index >= 15 is 0 Å². The van der Waals surface area contributed by atoms with Crippen molar-refractivity contribution in [3.8, 4) is 5.75 Å². The number of benzene rings is 1. The van der Waals surface area contributed by atoms with Crippen molar-refractivity contribution < 1.29 is 24.2 Å². The van der Waals surface area contributed by atoms with Gasteiger partial charge < -0.3 is 25.4 Å². The highest BCUT2D eigenvalue weighted by atomic mass is 16.5. The van der Waals surface area contributed by atoms with E-state index in [0.29, 0.717) is 49.5 Å². The second kappa shape index (κ2) is 16.4. The average Bonchev–Trinajstić information content (AvgIpc) is 2.89. The lowest BCUT2D eigenvalue weighted by Gasteiger charge is -2.28. The third kappa shape index (κ3) is 9.93. The van der Waals surface area contributed by atoms with Crippen molar-refractivity contribution in [3.63, 3.8) is 0 Å². The Morgan fingerprint density at radius 2 is 1.89 bits per heavy atom. The van der Waals surface area contributed by atoms with Gasteiger partial charge in [0.25, 0.3) is 11.8 Å². The molecule has 1 aromatic carbocycles. The Morgan fingerprint density at radius 3 is 2.58 bits per heavy atom. The molecule has 2 bridgehead atoms. The van der Waals surface area contributed by atoms with Crippen LogP contribution >= 0.6 is 0 Å². The Hall–Kier alpha value is -2.61. The fourth-order valence-corrected chi connectivity index (χ4v) is 4.97. The van der Waals surface area contributed by atoms with E-state index in [1.807, 2.05) is 25.7 Å². The van der Waals surface area contributed by atoms with Gasteiger partial charge in [-0.1, -0.05) is 46.5 Å². The summed E-state index contributed by atoms with van der Waals surface area (Å²) in [6, 6.07) is 4.42. The number of hydrogen-bond acceptors (Lipinski definition) is 5. The van der Waals surface area contributed by atoms with E-state index < -0.39 is 12.1 Å². The van der Waals surface area contributed by atoms with Crippen LogP contribution in [-0.2, 0) is 4.79 Å². The molecular formula is C30H49N3O5. The minimum Gasteiger partial charge on any atom is -0.494 e. The maximum atomic E-state index is 13.5. The van der Waals surface area contributed by atoms with E-state index in [1.165, 1.54) is 0 Å². The number of aliphatic hydroxyl groups is 1. The first-order chi connectivity index (χ1) is 18.2. The van der Waals surface area contributed by atoms with Gasteiger partial charge in [0, 0.05) is 36.7 Å². The molecule has 8 nitrogen and oxygen atoms in total. The van der Waals surface area contributed by atoms with Crippen LogP contribution in [0, 0.1) is 11.8 Å². The highest BCUT2D eigenvalue weighted by molar-refractivity contribution is 6.00. The standard InChI is InChI=1S/C30H49N3O5/c1-6-9-14-31-28(35)22(5)17-27(34)26-16-21(4)13-11-10-12-15-33(7-2)30(37)24-18-23(29(36)32-26)19-25(20-24)38-8-3/h18-22,26-27,34H,6-17H2,1-5H3,(H,31,35)(H,32,36)/t21-,22?,26+,27?/m1/s1. The lowest BCUT2D eigenvalue weighted by atomic mass is 9.89. The van der Waals surface area contributed by atoms with E-state index in [0.717, 1.165) is 38.5 Å². The van der Waals surface area contributed by atoms with E-state index in [-0.39, 0.29) is 36.0 Å². The van der Waals surface area contributed by atoms with Crippen molar-refractivity contribution in [3.05, 3.63) is 29.3 Å². The highest BCUT2D eigenvalue weighted by Gasteiger charge is 2.28. The molecule has 1 heterocycles. The topological polar surface area (TPSA) is 108 Å². The molecule has 0 aromatic heterocycles. The Labute approximate surface area is 228 Å². The first kappa shape index (κ1) is 31.6. The number of amides is 3. The third-order valence-electron chi connectivity index (χ3n) is 7.33. The maximum absolute atomic E-state index is 13.5. The van der Waals surface area contributed by atoms with Crippen LogP contribution in [0.3, 0.4) is 0 Å². The molecule has 2 rings (SSSR count). The Balaban J connectivity index is 2.32. The van der Waals surface area contributed by atoms with Crippen LogP contribution in [0.25, 0.3) is 0 Å². The normalized spacial score (nSPS) is 21.1. The molecule has 1 aliphatic rings. The van der Waals surface area contributed by atoms with Crippen molar-refractivity contribution in [2.75, 3.05) is 26.2 Å². The predicted molar refractivity (Wildman–Crippen MR) is 150 cm³/mol. The number of hydrogen-bond donors (Lipinski definition) is 3. The van der Waals surface area contributed by atoms with Crippen molar-refractivity contribution in [1.29, 1.82) is 0 Å². The smallest absolute Gasteiger partial charge is 0.254 e. The summed E-state index contributed by atoms with van der Waals surface area (Å²) in [5, 5.41) is 17.2. The molecule has 1 aliphatic heterocycles. The van der Waals surface area contributed by atoms with Crippen LogP contribution in [-0.4, -0.2) is 66.1 Å². The molecule has 2 unspecified atom stereocenters. The fourth-order valence-electron chi connectivity index (χ4n) is 4.97. The van der Waals surface area contributed by atoms with Crippen molar-refractivity contribution in [2.45, 2.75) is 98.1 Å². The average molecular weight is 532 g/mol. The van der Waals surface area contributed by atoms with Crippen LogP contribution in [0.5, 0.6) is 5.75 Å². The summed E-state index contributed by atoms with van der Waals surface area (Å²) in [7, 11) is 0. The molecule has 38 heavy (non-hydrogen) atoms. The summed E-state index contributed by atoms with van der Waals surface area (Å²) in [4.78, 5) is 41.1. The Morgan fingerprint density at radius 1 is 1.16 bits per heavy atom. The summed E-state index contributed by atoms with van der Waals surface area (Å²) >= 11 is 0. The summed E-state index contributed by atoms with van der Waals surface area (Å²) in [5.41, 5.74) is 0.737. The molecule has 214 valence electrons. The van der Waals surface area contributed by atoms with Gasteiger partial charge in [-0.15, -0.1) is 0 Å². The molecule has 0 saturated heterocycles. The molecule has 3 amide bonds. The van der Waals surface area contributed by atoms with Crippen LogP contribution < -0.4 is 15.4 Å². The molecule has 4 atom stereocenters. The van der Waals surface area contributed by atoms with Gasteiger partial charge in [-0.05, 0) is 63.6 Å². The molecule has 0 spiro atoms. The van der Waals surface area contributed by atoms with Crippen LogP contribution in [0.4, 0.5) is 0 Å². The van der Waals surface area contributed by atoms with Crippen molar-refractivity contribution in [2.24, 2.45) is 11.8 Å². The summed E-state index contributed by atoms with van der Waals surface area (Å²) in [6.07, 6.45) is 5.80. The molecule has 0 aliphatic carbocycles. The number of carbonyl (C=O) groups is 3. The van der Waals surface area contributed by atoms with Crippen LogP contribution in [0.2, 0.25) is 0 Å². The van der Waals surface area contributed by atoms with Crippen molar-refractivity contribution >= 4 is 17.7 Å². The molecule has 0 fully saturated rings. The first-order valence-corrected chi connectivity index (χ1v) is 14.5. The predicted octanol–water partition coefficient (Wildman–Crippen LogP) is 4.55. The van der Waals surface area contributed by atoms with E-state index in [2.05, 4.69) is 24.5 Å². The number of ether oxygens (including phenoxy) is 1. The quantitative estimate of drug-likeness (QED) is 0.384. The zero-order valence-corrected chi connectivity index (χ0v) is 24.1. The van der Waals surface area contributed by atoms with Gasteiger partial charge in [0.1, 0.15) is 5.75 Å². The van der Waals surface area contributed by atoms with Gasteiger partial charge in [-0.25, -0.2) is 0 Å². The molecule has 8 heteroatoms. The largest absolute Gasteiger partial charge is 0.494 e. The number of nitrogens with zero attached hydrogens (tertiary/aromatic N) is 1. The van der Waals surface area contributed by atoms with Crippen molar-refractivity contribution in [1.82, 2.24) is 15.5 Å². The second-order valence-corrected chi connectivity index (χ2v) is 10.7. The highest BCUT2D eigenvalue weighted by Crippen LogP contribution is 2.23. The lowest BCUT2D eigenvalue weighted by Crippen LogP contribution is -2.46. The monoisotopic (exact) mass is 531 g/mol. The minimum absolute atomic E-state index is 0.0814. The zero-order valence-electron chi connectivity index (χ0n) is 24.1. The number of fused-ring (bicyclic) bond motifs is 2. The number of unbranched alkanes of at least 4 members (excludes halogenated alkanes) is 1. The van der Waals surface area contributed by atoms with E-state index in [4.69, 9.17) is 4.74 Å². The fraction of sp³-hybridized carbons (Fsp3) is 0.700. The molecule has 3 N–H and O–H groups in total. The first-order valence-electron chi connectivity index (χ1n) is 14.5. The minimum atomic E-state index is -0.879. The number of carbonyl (C=O) groups excluding carboxylic acids is 3. The van der Waals surface area contributed by atoms with Gasteiger partial charge in [0.05, 0.1) is 18.8 Å². The number of nitrogens with one attached hydrogen (secondary N) is 2. The van der Waals surface area contributed by atoms with Gasteiger partial charge in [-0.3, -0.25) is 14.4 Å². The van der Waals surface area contributed by atoms with Gasteiger partial charge >= 0.3 is 0 Å². The van der Waals surface area contributed by atoms with Crippen LogP contribution in [0.15, 0.2) is 18.2 Å². The van der Waals surface area contributed by atoms with E-state index in [9.17, 15) is 19.5 Å². The summed E-state index contributed by atoms with van der Waals surface area (Å²) in [5.74, 6) is -0.200. The molecule has 0 radical (unpaired) electrons. The lowest BCUT2D eigenvalue weighted by molar-refractivity contribution is -0.125. The third-order valence-corrected chi connectivity index (χ3v) is 7.33. The Bertz CT molecular complexity index is 906. The van der Waals surface area contributed by atoms with Crippen LogP contribution in [0.1, 0.15) is 107 Å². The van der Waals surface area contributed by atoms with Gasteiger partial charge in [0.2, 0.25) is 5.91 Å². The maximum Gasteiger partial charge on any atom is 0.254 e. The molecule has 1 aromatic rings. The molecular weight excluding hydrogens is 482 g/mol. The van der Waals surface area contributed by atoms with E-state index in [1.54, 1.807) is 18.2 Å². The second-order valence-electron chi connectivity index (χ2n) is 10.7. The Kier molecular flexibility index (Phi) is 13.6. The zero-order chi connectivity index (χ0) is 28.1. The number of rotatable bonds is 10. The van der Waals surface area contributed by atoms with Gasteiger partial charge in [0.15, 0.2) is 0 Å². The summed E-state index contributed by atoms with van der Waals surface area (Å²) < 4.78 is 5.68. The summed E-state index contributed by atoms with van der Waals surface area (Å²) in [6.45, 7) is 12.1. The molecule has 0 saturated carbocycles. The van der Waals surface area contributed by atoms with Gasteiger partial charge in [-0.2, -0.15) is 0 Å².